The standard InChI is InChI=1S/C27H30F6N6O4/c1-5-6-19(22(40)23(41)36-21-7-8-35-37-21)39(24(42)43)20(25(2,3)4)13-38-12-18(34-14-38)15-9-16(26(28,29)30)11-17(10-15)27(31,32)33/h7-12,14,19-20H,5-6,13H2,1-4H3,(H,42,43)(H2,35,36,37,41)/t19-,20?/m0/s1. The molecule has 1 unspecified atom stereocenters. The number of alkyl halides is 6. The van der Waals surface area contributed by atoms with Crippen molar-refractivity contribution in [2.45, 2.75) is 71.5 Å². The van der Waals surface area contributed by atoms with E-state index < -0.39 is 64.3 Å². The molecule has 2 heterocycles. The zero-order valence-corrected chi connectivity index (χ0v) is 23.5. The van der Waals surface area contributed by atoms with Crippen LogP contribution in [0.4, 0.5) is 37.0 Å². The molecule has 0 bridgehead atoms. The van der Waals surface area contributed by atoms with Gasteiger partial charge in [-0.25, -0.2) is 9.78 Å². The van der Waals surface area contributed by atoms with Gasteiger partial charge in [0.05, 0.1) is 35.4 Å². The topological polar surface area (TPSA) is 133 Å². The van der Waals surface area contributed by atoms with Crippen LogP contribution in [0.1, 0.15) is 51.7 Å². The third-order valence-electron chi connectivity index (χ3n) is 6.63. The van der Waals surface area contributed by atoms with Crippen molar-refractivity contribution >= 4 is 23.6 Å². The summed E-state index contributed by atoms with van der Waals surface area (Å²) in [6.07, 6.45) is -7.61. The molecule has 43 heavy (non-hydrogen) atoms. The minimum Gasteiger partial charge on any atom is -0.465 e. The van der Waals surface area contributed by atoms with Gasteiger partial charge >= 0.3 is 18.4 Å². The first-order chi connectivity index (χ1) is 19.8. The molecule has 234 valence electrons. The molecule has 0 aliphatic heterocycles. The normalized spacial score (nSPS) is 13.8. The Balaban J connectivity index is 2.00. The molecule has 3 rings (SSSR count). The quantitative estimate of drug-likeness (QED) is 0.187. The predicted molar refractivity (Wildman–Crippen MR) is 142 cm³/mol. The highest BCUT2D eigenvalue weighted by atomic mass is 19.4. The molecule has 2 atom stereocenters. The lowest BCUT2D eigenvalue weighted by Crippen LogP contribution is -2.57. The highest BCUT2D eigenvalue weighted by Gasteiger charge is 2.42. The summed E-state index contributed by atoms with van der Waals surface area (Å²) in [7, 11) is 0. The van der Waals surface area contributed by atoms with Gasteiger partial charge in [-0.05, 0) is 30.0 Å². The fraction of sp³-hybridized carbons (Fsp3) is 0.444. The SMILES string of the molecule is CCC[C@@H](C(=O)C(=O)Nc1ccn[nH]1)N(C(=O)O)C(Cn1cnc(-c2cc(C(F)(F)F)cc(C(F)(F)F)c2)c1)C(C)(C)C. The average Bonchev–Trinajstić information content (AvgIpc) is 3.57. The lowest BCUT2D eigenvalue weighted by atomic mass is 9.84. The third kappa shape index (κ3) is 8.14. The van der Waals surface area contributed by atoms with Crippen molar-refractivity contribution in [3.05, 3.63) is 54.1 Å². The molecular formula is C27H30F6N6O4. The number of Topliss-reactive ketones (excluding diaryl/α,β-unsaturated/α-hetero) is 1. The Labute approximate surface area is 242 Å². The number of anilines is 1. The van der Waals surface area contributed by atoms with Crippen LogP contribution in [-0.4, -0.2) is 59.6 Å². The molecule has 0 saturated heterocycles. The maximum atomic E-state index is 13.4. The Morgan fingerprint density at radius 2 is 1.65 bits per heavy atom. The maximum Gasteiger partial charge on any atom is 0.416 e. The Kier molecular flexibility index (Phi) is 9.61. The van der Waals surface area contributed by atoms with Crippen molar-refractivity contribution in [3.63, 3.8) is 0 Å². The Morgan fingerprint density at radius 1 is 1.05 bits per heavy atom. The zero-order valence-electron chi connectivity index (χ0n) is 23.5. The number of rotatable bonds is 10. The Bertz CT molecular complexity index is 1410. The van der Waals surface area contributed by atoms with Crippen molar-refractivity contribution in [1.82, 2.24) is 24.6 Å². The summed E-state index contributed by atoms with van der Waals surface area (Å²) in [6.45, 7) is 6.57. The van der Waals surface area contributed by atoms with Gasteiger partial charge < -0.3 is 15.0 Å². The van der Waals surface area contributed by atoms with Gasteiger partial charge in [0.25, 0.3) is 5.91 Å². The second-order valence-corrected chi connectivity index (χ2v) is 10.9. The number of aromatic nitrogens is 4. The van der Waals surface area contributed by atoms with Gasteiger partial charge in [-0.1, -0.05) is 34.1 Å². The van der Waals surface area contributed by atoms with Crippen LogP contribution in [0, 0.1) is 5.41 Å². The number of benzene rings is 1. The minimum atomic E-state index is -5.05. The third-order valence-corrected chi connectivity index (χ3v) is 6.63. The van der Waals surface area contributed by atoms with Crippen molar-refractivity contribution in [2.24, 2.45) is 5.41 Å². The van der Waals surface area contributed by atoms with E-state index >= 15 is 0 Å². The van der Waals surface area contributed by atoms with Crippen LogP contribution in [0.2, 0.25) is 0 Å². The number of imidazole rings is 1. The van der Waals surface area contributed by atoms with Crippen LogP contribution in [0.3, 0.4) is 0 Å². The van der Waals surface area contributed by atoms with E-state index in [1.165, 1.54) is 23.0 Å². The number of aromatic amines is 1. The summed E-state index contributed by atoms with van der Waals surface area (Å²) < 4.78 is 81.6. The monoisotopic (exact) mass is 616 g/mol. The van der Waals surface area contributed by atoms with Crippen LogP contribution in [-0.2, 0) is 28.5 Å². The smallest absolute Gasteiger partial charge is 0.416 e. The first-order valence-electron chi connectivity index (χ1n) is 13.0. The molecule has 3 aromatic rings. The van der Waals surface area contributed by atoms with E-state index in [-0.39, 0.29) is 30.5 Å². The summed E-state index contributed by atoms with van der Waals surface area (Å²) >= 11 is 0. The number of nitrogens with one attached hydrogen (secondary N) is 2. The van der Waals surface area contributed by atoms with E-state index in [0.29, 0.717) is 18.6 Å². The molecule has 2 amide bonds. The summed E-state index contributed by atoms with van der Waals surface area (Å²) in [6, 6.07) is 0.0806. The molecule has 0 aliphatic carbocycles. The minimum absolute atomic E-state index is 0.00621. The number of halogens is 6. The highest BCUT2D eigenvalue weighted by molar-refractivity contribution is 6.42. The number of carboxylic acid groups (broad SMARTS) is 1. The Hall–Kier alpha value is -4.37. The number of hydrogen-bond donors (Lipinski definition) is 3. The summed E-state index contributed by atoms with van der Waals surface area (Å²) in [4.78, 5) is 43.4. The van der Waals surface area contributed by atoms with E-state index in [9.17, 15) is 45.8 Å². The number of ketones is 1. The van der Waals surface area contributed by atoms with Gasteiger partial charge in [-0.15, -0.1) is 0 Å². The van der Waals surface area contributed by atoms with Crippen molar-refractivity contribution in [2.75, 3.05) is 5.32 Å². The first-order valence-corrected chi connectivity index (χ1v) is 13.0. The lowest BCUT2D eigenvalue weighted by molar-refractivity contribution is -0.143. The van der Waals surface area contributed by atoms with Gasteiger partial charge in [-0.3, -0.25) is 19.6 Å². The van der Waals surface area contributed by atoms with E-state index in [1.54, 1.807) is 27.7 Å². The van der Waals surface area contributed by atoms with E-state index in [4.69, 9.17) is 0 Å². The number of amides is 2. The highest BCUT2D eigenvalue weighted by Crippen LogP contribution is 2.38. The van der Waals surface area contributed by atoms with Crippen LogP contribution in [0.25, 0.3) is 11.3 Å². The molecule has 2 aromatic heterocycles. The van der Waals surface area contributed by atoms with E-state index in [2.05, 4.69) is 20.5 Å². The molecular weight excluding hydrogens is 586 g/mol. The van der Waals surface area contributed by atoms with Crippen LogP contribution in [0.15, 0.2) is 43.0 Å². The van der Waals surface area contributed by atoms with Crippen molar-refractivity contribution < 1.29 is 45.8 Å². The van der Waals surface area contributed by atoms with Crippen LogP contribution in [0.5, 0.6) is 0 Å². The zero-order chi connectivity index (χ0) is 32.3. The molecule has 16 heteroatoms. The van der Waals surface area contributed by atoms with Gasteiger partial charge in [0, 0.05) is 24.4 Å². The van der Waals surface area contributed by atoms with E-state index in [1.807, 2.05) is 0 Å². The summed E-state index contributed by atoms with van der Waals surface area (Å²) in [5.74, 6) is -1.98. The largest absolute Gasteiger partial charge is 0.465 e. The molecule has 3 N–H and O–H groups in total. The number of H-pyrrole nitrogens is 1. The fourth-order valence-corrected chi connectivity index (χ4v) is 4.51. The average molecular weight is 617 g/mol. The molecule has 0 aliphatic rings. The van der Waals surface area contributed by atoms with Gasteiger partial charge in [0.2, 0.25) is 5.78 Å². The van der Waals surface area contributed by atoms with Crippen LogP contribution >= 0.6 is 0 Å². The predicted octanol–water partition coefficient (Wildman–Crippen LogP) is 6.08. The second kappa shape index (κ2) is 12.5. The number of nitrogens with zero attached hydrogens (tertiary/aromatic N) is 4. The molecule has 0 fully saturated rings. The fourth-order valence-electron chi connectivity index (χ4n) is 4.51. The summed E-state index contributed by atoms with van der Waals surface area (Å²) in [5.41, 5.74) is -4.55. The van der Waals surface area contributed by atoms with E-state index in [0.717, 1.165) is 11.2 Å². The van der Waals surface area contributed by atoms with Gasteiger partial charge in [0.15, 0.2) is 0 Å². The molecule has 0 radical (unpaired) electrons. The number of hydrogen-bond acceptors (Lipinski definition) is 5. The molecule has 10 nitrogen and oxygen atoms in total. The van der Waals surface area contributed by atoms with Crippen molar-refractivity contribution in [3.8, 4) is 11.3 Å². The second-order valence-electron chi connectivity index (χ2n) is 10.9. The van der Waals surface area contributed by atoms with Crippen LogP contribution < -0.4 is 5.32 Å². The van der Waals surface area contributed by atoms with Gasteiger partial charge in [-0.2, -0.15) is 31.4 Å². The molecule has 0 spiro atoms. The lowest BCUT2D eigenvalue weighted by Gasteiger charge is -2.42. The van der Waals surface area contributed by atoms with Crippen molar-refractivity contribution in [1.29, 1.82) is 0 Å². The summed E-state index contributed by atoms with van der Waals surface area (Å²) in [5, 5.41) is 18.7. The maximum absolute atomic E-state index is 13.4. The number of carbonyl (C=O) groups excluding carboxylic acids is 2. The molecule has 1 aromatic carbocycles. The number of carbonyl (C=O) groups is 3. The van der Waals surface area contributed by atoms with Gasteiger partial charge in [0.1, 0.15) is 11.9 Å². The molecule has 0 saturated carbocycles. The Morgan fingerprint density at radius 3 is 2.12 bits per heavy atom. The first kappa shape index (κ1) is 33.1.